The van der Waals surface area contributed by atoms with E-state index in [9.17, 15) is 9.18 Å². The number of likely N-dealkylation sites (N-methyl/N-ethyl adjacent to an activating group) is 1. The maximum absolute atomic E-state index is 13.5. The summed E-state index contributed by atoms with van der Waals surface area (Å²) in [5, 5.41) is 1.21. The van der Waals surface area contributed by atoms with Crippen molar-refractivity contribution in [1.82, 2.24) is 14.5 Å². The van der Waals surface area contributed by atoms with Crippen LogP contribution in [0.5, 0.6) is 5.75 Å². The molecule has 3 heterocycles. The van der Waals surface area contributed by atoms with E-state index < -0.39 is 0 Å². The molecule has 1 aliphatic heterocycles. The van der Waals surface area contributed by atoms with Crippen molar-refractivity contribution in [1.29, 1.82) is 0 Å². The lowest BCUT2D eigenvalue weighted by molar-refractivity contribution is 0.313. The molecule has 0 saturated heterocycles. The normalized spacial score (nSPS) is 14.1. The zero-order valence-electron chi connectivity index (χ0n) is 16.9. The highest BCUT2D eigenvalue weighted by atomic mass is 19.1. The van der Waals surface area contributed by atoms with Crippen molar-refractivity contribution in [3.05, 3.63) is 82.2 Å². The molecule has 0 atom stereocenters. The molecule has 0 bridgehead atoms. The number of nitrogens with one attached hydrogen (secondary N) is 1. The molecule has 4 aromatic rings. The van der Waals surface area contributed by atoms with E-state index in [1.54, 1.807) is 22.9 Å². The Balaban J connectivity index is 1.55. The average molecular weight is 403 g/mol. The van der Waals surface area contributed by atoms with E-state index in [1.807, 2.05) is 18.2 Å². The number of hydrogen-bond acceptors (Lipinski definition) is 3. The number of ether oxygens (including phenoxy) is 1. The van der Waals surface area contributed by atoms with Crippen molar-refractivity contribution in [3.8, 4) is 22.6 Å². The van der Waals surface area contributed by atoms with Crippen LogP contribution >= 0.6 is 0 Å². The summed E-state index contributed by atoms with van der Waals surface area (Å²) in [6.07, 6.45) is 2.75. The number of halogens is 1. The molecule has 6 heteroatoms. The molecule has 152 valence electrons. The van der Waals surface area contributed by atoms with Crippen molar-refractivity contribution >= 4 is 10.9 Å². The van der Waals surface area contributed by atoms with Gasteiger partial charge in [-0.15, -0.1) is 0 Å². The summed E-state index contributed by atoms with van der Waals surface area (Å²) in [5.41, 5.74) is 5.69. The fourth-order valence-corrected chi connectivity index (χ4v) is 4.26. The van der Waals surface area contributed by atoms with Gasteiger partial charge in [0.15, 0.2) is 0 Å². The van der Waals surface area contributed by atoms with Crippen LogP contribution in [0.25, 0.3) is 27.7 Å². The summed E-state index contributed by atoms with van der Waals surface area (Å²) >= 11 is 0. The maximum Gasteiger partial charge on any atom is 0.255 e. The fourth-order valence-electron chi connectivity index (χ4n) is 4.26. The van der Waals surface area contributed by atoms with Crippen LogP contribution in [0.4, 0.5) is 4.39 Å². The monoisotopic (exact) mass is 403 g/mol. The summed E-state index contributed by atoms with van der Waals surface area (Å²) in [7, 11) is 3.62. The molecule has 1 aliphatic rings. The number of hydrogen-bond donors (Lipinski definition) is 1. The number of benzene rings is 2. The number of aromatic nitrogens is 2. The third-order valence-corrected chi connectivity index (χ3v) is 5.82. The number of fused-ring (bicyclic) bond motifs is 3. The molecular formula is C24H22FN3O2. The second-order valence-electron chi connectivity index (χ2n) is 7.77. The highest BCUT2D eigenvalue weighted by molar-refractivity contribution is 5.86. The standard InChI is InChI=1S/C24H22FN3O2/c1-27-9-8-21-20(14-27)19-6-4-17(13-22(19)26-21)28-10-7-15(11-24(28)29)18-5-3-16(25)12-23(18)30-2/h3-7,10-13,26H,8-9,14H2,1-2H3. The fraction of sp³-hybridized carbons (Fsp3) is 0.208. The Morgan fingerprint density at radius 2 is 1.97 bits per heavy atom. The molecule has 2 aromatic heterocycles. The zero-order valence-corrected chi connectivity index (χ0v) is 16.9. The Kier molecular flexibility index (Phi) is 4.44. The van der Waals surface area contributed by atoms with Crippen LogP contribution in [0, 0.1) is 5.82 Å². The number of rotatable bonds is 3. The number of aromatic amines is 1. The van der Waals surface area contributed by atoms with E-state index in [0.29, 0.717) is 16.9 Å². The van der Waals surface area contributed by atoms with Gasteiger partial charge in [0.1, 0.15) is 11.6 Å². The quantitative estimate of drug-likeness (QED) is 0.560. The molecular weight excluding hydrogens is 381 g/mol. The SMILES string of the molecule is COc1cc(F)ccc1-c1ccn(-c2ccc3c4c([nH]c3c2)CCN(C)C4)c(=O)c1. The third-order valence-electron chi connectivity index (χ3n) is 5.82. The van der Waals surface area contributed by atoms with Gasteiger partial charge in [-0.1, -0.05) is 6.07 Å². The topological polar surface area (TPSA) is 50.3 Å². The molecule has 0 amide bonds. The Morgan fingerprint density at radius 3 is 2.77 bits per heavy atom. The van der Waals surface area contributed by atoms with Crippen LogP contribution in [0.1, 0.15) is 11.3 Å². The first kappa shape index (κ1) is 18.6. The summed E-state index contributed by atoms with van der Waals surface area (Å²) < 4.78 is 20.4. The van der Waals surface area contributed by atoms with Crippen LogP contribution in [0.2, 0.25) is 0 Å². The van der Waals surface area contributed by atoms with Crippen molar-refractivity contribution in [3.63, 3.8) is 0 Å². The van der Waals surface area contributed by atoms with Gasteiger partial charge in [-0.05, 0) is 48.5 Å². The molecule has 0 aliphatic carbocycles. The number of H-pyrrole nitrogens is 1. The van der Waals surface area contributed by atoms with Crippen molar-refractivity contribution < 1.29 is 9.13 Å². The molecule has 2 aromatic carbocycles. The molecule has 5 nitrogen and oxygen atoms in total. The Hall–Kier alpha value is -3.38. The number of methoxy groups -OCH3 is 1. The van der Waals surface area contributed by atoms with Crippen molar-refractivity contribution in [2.45, 2.75) is 13.0 Å². The van der Waals surface area contributed by atoms with Crippen LogP contribution in [-0.4, -0.2) is 35.2 Å². The van der Waals surface area contributed by atoms with Crippen molar-refractivity contribution in [2.24, 2.45) is 0 Å². The molecule has 30 heavy (non-hydrogen) atoms. The van der Waals surface area contributed by atoms with Crippen LogP contribution in [-0.2, 0) is 13.0 Å². The van der Waals surface area contributed by atoms with E-state index in [4.69, 9.17) is 4.74 Å². The summed E-state index contributed by atoms with van der Waals surface area (Å²) in [5.74, 6) is 0.0209. The molecule has 0 radical (unpaired) electrons. The van der Waals surface area contributed by atoms with Crippen LogP contribution in [0.15, 0.2) is 59.5 Å². The van der Waals surface area contributed by atoms with E-state index in [2.05, 4.69) is 23.0 Å². The van der Waals surface area contributed by atoms with Gasteiger partial charge in [0.2, 0.25) is 0 Å². The minimum atomic E-state index is -0.378. The van der Waals surface area contributed by atoms with E-state index in [0.717, 1.165) is 30.7 Å². The third kappa shape index (κ3) is 3.09. The van der Waals surface area contributed by atoms with Gasteiger partial charge in [-0.25, -0.2) is 4.39 Å². The zero-order chi connectivity index (χ0) is 20.8. The lowest BCUT2D eigenvalue weighted by Crippen LogP contribution is -2.25. The molecule has 1 N–H and O–H groups in total. The second-order valence-corrected chi connectivity index (χ2v) is 7.77. The minimum absolute atomic E-state index is 0.158. The summed E-state index contributed by atoms with van der Waals surface area (Å²) in [4.78, 5) is 18.7. The van der Waals surface area contributed by atoms with Gasteiger partial charge < -0.3 is 14.6 Å². The first-order valence-corrected chi connectivity index (χ1v) is 9.92. The molecule has 0 unspecified atom stereocenters. The number of pyridine rings is 1. The van der Waals surface area contributed by atoms with Gasteiger partial charge in [-0.3, -0.25) is 9.36 Å². The molecule has 5 rings (SSSR count). The first-order chi connectivity index (χ1) is 14.5. The minimum Gasteiger partial charge on any atom is -0.496 e. The highest BCUT2D eigenvalue weighted by Gasteiger charge is 2.18. The van der Waals surface area contributed by atoms with E-state index in [1.165, 1.54) is 35.9 Å². The lowest BCUT2D eigenvalue weighted by Gasteiger charge is -2.22. The van der Waals surface area contributed by atoms with Gasteiger partial charge in [-0.2, -0.15) is 0 Å². The second kappa shape index (κ2) is 7.15. The largest absolute Gasteiger partial charge is 0.496 e. The van der Waals surface area contributed by atoms with Crippen LogP contribution in [0.3, 0.4) is 0 Å². The first-order valence-electron chi connectivity index (χ1n) is 9.92. The molecule has 0 fully saturated rings. The molecule has 0 spiro atoms. The van der Waals surface area contributed by atoms with Gasteiger partial charge in [0.25, 0.3) is 5.56 Å². The Labute approximate surface area is 173 Å². The van der Waals surface area contributed by atoms with Gasteiger partial charge >= 0.3 is 0 Å². The average Bonchev–Trinajstić information content (AvgIpc) is 3.10. The van der Waals surface area contributed by atoms with E-state index in [-0.39, 0.29) is 11.4 Å². The molecule has 0 saturated carbocycles. The predicted octanol–water partition coefficient (Wildman–Crippen LogP) is 4.12. The Morgan fingerprint density at radius 1 is 1.10 bits per heavy atom. The van der Waals surface area contributed by atoms with Gasteiger partial charge in [0, 0.05) is 60.0 Å². The van der Waals surface area contributed by atoms with E-state index >= 15 is 0 Å². The number of nitrogens with zero attached hydrogens (tertiary/aromatic N) is 2. The summed E-state index contributed by atoms with van der Waals surface area (Å²) in [6.45, 7) is 1.98. The highest BCUT2D eigenvalue weighted by Crippen LogP contribution is 2.31. The van der Waals surface area contributed by atoms with Crippen LogP contribution < -0.4 is 10.3 Å². The lowest BCUT2D eigenvalue weighted by atomic mass is 10.0. The maximum atomic E-state index is 13.5. The predicted molar refractivity (Wildman–Crippen MR) is 116 cm³/mol. The summed E-state index contributed by atoms with van der Waals surface area (Å²) in [6, 6.07) is 13.8. The smallest absolute Gasteiger partial charge is 0.255 e. The van der Waals surface area contributed by atoms with Gasteiger partial charge in [0.05, 0.1) is 12.8 Å². The Bertz CT molecular complexity index is 1320. The van der Waals surface area contributed by atoms with Crippen molar-refractivity contribution in [2.75, 3.05) is 20.7 Å².